The third-order valence-corrected chi connectivity index (χ3v) is 3.77. The van der Waals surface area contributed by atoms with Gasteiger partial charge in [0.1, 0.15) is 0 Å². The van der Waals surface area contributed by atoms with Gasteiger partial charge in [-0.25, -0.2) is 4.98 Å². The molecule has 0 aliphatic rings. The second-order valence-electron chi connectivity index (χ2n) is 5.82. The highest BCUT2D eigenvalue weighted by molar-refractivity contribution is 14.0. The maximum Gasteiger partial charge on any atom is 0.390 e. The number of nitrogens with zero attached hydrogens (tertiary/aromatic N) is 2. The second-order valence-corrected chi connectivity index (χ2v) is 5.82. The Morgan fingerprint density at radius 1 is 1.07 bits per heavy atom. The highest BCUT2D eigenvalue weighted by atomic mass is 127. The fourth-order valence-corrected chi connectivity index (χ4v) is 2.33. The van der Waals surface area contributed by atoms with Crippen molar-refractivity contribution in [3.63, 3.8) is 0 Å². The van der Waals surface area contributed by atoms with E-state index in [1.807, 2.05) is 0 Å². The predicted octanol–water partition coefficient (Wildman–Crippen LogP) is 4.13. The van der Waals surface area contributed by atoms with Crippen LogP contribution in [0.1, 0.15) is 12.0 Å². The molecule has 7 nitrogen and oxygen atoms in total. The summed E-state index contributed by atoms with van der Waals surface area (Å²) in [5.41, 5.74) is 0.795. The zero-order valence-electron chi connectivity index (χ0n) is 16.7. The minimum Gasteiger partial charge on any atom is -0.493 e. The fourth-order valence-electron chi connectivity index (χ4n) is 2.33. The number of nitrogens with one attached hydrogen (secondary N) is 2. The summed E-state index contributed by atoms with van der Waals surface area (Å²) in [6, 6.07) is 8.71. The summed E-state index contributed by atoms with van der Waals surface area (Å²) in [5.74, 6) is 2.03. The van der Waals surface area contributed by atoms with Crippen LogP contribution in [0.4, 0.5) is 13.2 Å². The minimum absolute atomic E-state index is 0. The van der Waals surface area contributed by atoms with E-state index in [-0.39, 0.29) is 36.5 Å². The van der Waals surface area contributed by atoms with Gasteiger partial charge in [-0.05, 0) is 17.7 Å². The molecule has 2 N–H and O–H groups in total. The number of para-hydroxylation sites is 1. The van der Waals surface area contributed by atoms with Gasteiger partial charge in [0.2, 0.25) is 11.6 Å². The average molecular weight is 540 g/mol. The van der Waals surface area contributed by atoms with Crippen molar-refractivity contribution >= 4 is 29.9 Å². The van der Waals surface area contributed by atoms with Gasteiger partial charge in [-0.1, -0.05) is 12.1 Å². The molecule has 0 bridgehead atoms. The van der Waals surface area contributed by atoms with E-state index in [0.717, 1.165) is 5.56 Å². The molecule has 0 fully saturated rings. The molecule has 0 aliphatic carbocycles. The van der Waals surface area contributed by atoms with Crippen LogP contribution >= 0.6 is 24.0 Å². The van der Waals surface area contributed by atoms with E-state index in [4.69, 9.17) is 14.2 Å². The lowest BCUT2D eigenvalue weighted by atomic mass is 10.3. The van der Waals surface area contributed by atoms with Crippen molar-refractivity contribution in [2.75, 3.05) is 27.8 Å². The normalized spacial score (nSPS) is 11.3. The molecule has 11 heteroatoms. The Bertz CT molecular complexity index is 795. The maximum absolute atomic E-state index is 12.2. The van der Waals surface area contributed by atoms with E-state index in [0.29, 0.717) is 29.7 Å². The Morgan fingerprint density at radius 2 is 1.73 bits per heavy atom. The molecular formula is C19H24F3IN4O3. The molecule has 2 aromatic rings. The van der Waals surface area contributed by atoms with E-state index < -0.39 is 12.6 Å². The number of benzene rings is 1. The summed E-state index contributed by atoms with van der Waals surface area (Å²) >= 11 is 0. The van der Waals surface area contributed by atoms with E-state index in [9.17, 15) is 13.2 Å². The Hall–Kier alpha value is -2.44. The zero-order valence-corrected chi connectivity index (χ0v) is 19.1. The molecule has 0 unspecified atom stereocenters. The summed E-state index contributed by atoms with van der Waals surface area (Å²) in [4.78, 5) is 8.13. The smallest absolute Gasteiger partial charge is 0.390 e. The highest BCUT2D eigenvalue weighted by Crippen LogP contribution is 2.39. The number of rotatable bonds is 8. The summed E-state index contributed by atoms with van der Waals surface area (Å²) in [6.45, 7) is 0.0753. The molecule has 2 rings (SSSR count). The molecule has 0 radical (unpaired) electrons. The number of hydrogen-bond acceptors (Lipinski definition) is 5. The van der Waals surface area contributed by atoms with Crippen molar-refractivity contribution in [3.05, 3.63) is 42.1 Å². The van der Waals surface area contributed by atoms with Crippen molar-refractivity contribution in [1.29, 1.82) is 0 Å². The first-order valence-electron chi connectivity index (χ1n) is 8.71. The highest BCUT2D eigenvalue weighted by Gasteiger charge is 2.26. The molecule has 0 amide bonds. The van der Waals surface area contributed by atoms with Crippen LogP contribution in [-0.4, -0.2) is 44.9 Å². The first-order chi connectivity index (χ1) is 13.9. The van der Waals surface area contributed by atoms with Gasteiger partial charge >= 0.3 is 6.18 Å². The van der Waals surface area contributed by atoms with Crippen molar-refractivity contribution < 1.29 is 27.4 Å². The van der Waals surface area contributed by atoms with Gasteiger partial charge in [0.25, 0.3) is 0 Å². The topological polar surface area (TPSA) is 77.0 Å². The molecule has 30 heavy (non-hydrogen) atoms. The maximum atomic E-state index is 12.2. The number of pyridine rings is 1. The number of aromatic nitrogens is 1. The largest absolute Gasteiger partial charge is 0.493 e. The van der Waals surface area contributed by atoms with Gasteiger partial charge in [0, 0.05) is 32.4 Å². The van der Waals surface area contributed by atoms with Crippen LogP contribution in [-0.2, 0) is 6.54 Å². The lowest BCUT2D eigenvalue weighted by Crippen LogP contribution is -2.38. The van der Waals surface area contributed by atoms with Crippen LogP contribution in [0, 0.1) is 0 Å². The quantitative estimate of drug-likeness (QED) is 0.298. The summed E-state index contributed by atoms with van der Waals surface area (Å²) in [7, 11) is 4.54. The van der Waals surface area contributed by atoms with Crippen LogP contribution in [0.3, 0.4) is 0 Å². The number of alkyl halides is 3. The van der Waals surface area contributed by atoms with Crippen LogP contribution in [0.15, 0.2) is 41.5 Å². The Morgan fingerprint density at radius 3 is 2.23 bits per heavy atom. The molecule has 166 valence electrons. The van der Waals surface area contributed by atoms with E-state index >= 15 is 0 Å². The Labute approximate surface area is 190 Å². The second kappa shape index (κ2) is 12.3. The van der Waals surface area contributed by atoms with Gasteiger partial charge in [-0.2, -0.15) is 13.2 Å². The molecule has 0 saturated heterocycles. The number of ether oxygens (including phenoxy) is 3. The summed E-state index contributed by atoms with van der Waals surface area (Å²) < 4.78 is 53.0. The van der Waals surface area contributed by atoms with Crippen molar-refractivity contribution in [1.82, 2.24) is 15.6 Å². The van der Waals surface area contributed by atoms with Crippen LogP contribution in [0.5, 0.6) is 23.1 Å². The Kier molecular flexibility index (Phi) is 10.5. The summed E-state index contributed by atoms with van der Waals surface area (Å²) in [5, 5.41) is 5.54. The van der Waals surface area contributed by atoms with Crippen molar-refractivity contribution in [2.45, 2.75) is 19.1 Å². The molecule has 0 spiro atoms. The first kappa shape index (κ1) is 25.6. The molecular weight excluding hydrogens is 516 g/mol. The van der Waals surface area contributed by atoms with Gasteiger partial charge in [-0.3, -0.25) is 4.99 Å². The average Bonchev–Trinajstić information content (AvgIpc) is 2.70. The van der Waals surface area contributed by atoms with Crippen LogP contribution in [0.25, 0.3) is 0 Å². The van der Waals surface area contributed by atoms with E-state index in [1.54, 1.807) is 36.5 Å². The Balaban J connectivity index is 0.00000450. The number of hydrogen-bond donors (Lipinski definition) is 2. The fraction of sp³-hybridized carbons (Fsp3) is 0.368. The van der Waals surface area contributed by atoms with Gasteiger partial charge in [0.05, 0.1) is 20.6 Å². The number of halogens is 4. The molecule has 0 atom stereocenters. The molecule has 1 heterocycles. The van der Waals surface area contributed by atoms with Crippen LogP contribution < -0.4 is 24.8 Å². The standard InChI is InChI=1S/C19H23F3N4O3.HI/c1-23-18(24-10-9-19(20,21)22)26-12-13-7-8-16(25-11-13)29-17-14(27-2)5-4-6-15(17)28-3;/h4-8,11H,9-10,12H2,1-3H3,(H2,23,24,26);1H. The lowest BCUT2D eigenvalue weighted by molar-refractivity contribution is -0.132. The van der Waals surface area contributed by atoms with E-state index in [1.165, 1.54) is 21.3 Å². The van der Waals surface area contributed by atoms with Gasteiger partial charge in [0.15, 0.2) is 17.5 Å². The molecule has 0 saturated carbocycles. The minimum atomic E-state index is -4.21. The first-order valence-corrected chi connectivity index (χ1v) is 8.71. The van der Waals surface area contributed by atoms with Crippen molar-refractivity contribution in [3.8, 4) is 23.1 Å². The van der Waals surface area contributed by atoms with E-state index in [2.05, 4.69) is 20.6 Å². The summed E-state index contributed by atoms with van der Waals surface area (Å²) in [6.07, 6.45) is -3.56. The number of guanidine groups is 1. The van der Waals surface area contributed by atoms with Gasteiger partial charge < -0.3 is 24.8 Å². The number of methoxy groups -OCH3 is 2. The third kappa shape index (κ3) is 8.13. The van der Waals surface area contributed by atoms with Crippen molar-refractivity contribution in [2.24, 2.45) is 4.99 Å². The zero-order chi connectivity index (χ0) is 21.3. The molecule has 1 aromatic heterocycles. The molecule has 1 aromatic carbocycles. The van der Waals surface area contributed by atoms with Gasteiger partial charge in [-0.15, -0.1) is 24.0 Å². The SMILES string of the molecule is CN=C(NCCC(F)(F)F)NCc1ccc(Oc2c(OC)cccc2OC)nc1.I. The predicted molar refractivity (Wildman–Crippen MR) is 118 cm³/mol. The lowest BCUT2D eigenvalue weighted by Gasteiger charge is -2.14. The number of aliphatic imine (C=N–C) groups is 1. The third-order valence-electron chi connectivity index (χ3n) is 3.77. The molecule has 0 aliphatic heterocycles. The van der Waals surface area contributed by atoms with Crippen LogP contribution in [0.2, 0.25) is 0 Å². The monoisotopic (exact) mass is 540 g/mol.